The summed E-state index contributed by atoms with van der Waals surface area (Å²) < 4.78 is 0. The fraction of sp³-hybridized carbons (Fsp3) is 0.500. The molecule has 3 nitrogen and oxygen atoms in total. The number of aryl methyl sites for hydroxylation is 2. The Bertz CT molecular complexity index is 730. The van der Waals surface area contributed by atoms with Gasteiger partial charge in [0.15, 0.2) is 0 Å². The fourth-order valence-electron chi connectivity index (χ4n) is 4.26. The average Bonchev–Trinajstić information content (AvgIpc) is 3.22. The topological polar surface area (TPSA) is 57.5 Å². The maximum absolute atomic E-state index is 11.0. The highest BCUT2D eigenvalue weighted by Gasteiger charge is 2.40. The summed E-state index contributed by atoms with van der Waals surface area (Å²) in [6.45, 7) is 0. The first kappa shape index (κ1) is 20.4. The molecule has 2 N–H and O–H groups in total. The highest BCUT2D eigenvalue weighted by atomic mass is 35.5. The maximum Gasteiger partial charge on any atom is 0.345 e. The van der Waals surface area contributed by atoms with Gasteiger partial charge in [0.05, 0.1) is 6.10 Å². The zero-order valence-corrected chi connectivity index (χ0v) is 17.0. The number of halogens is 1. The largest absolute Gasteiger partial charge is 0.477 e. The van der Waals surface area contributed by atoms with Gasteiger partial charge in [-0.2, -0.15) is 0 Å². The molecule has 1 aromatic carbocycles. The van der Waals surface area contributed by atoms with Crippen molar-refractivity contribution in [2.24, 2.45) is 11.8 Å². The number of aromatic carboxylic acids is 1. The molecule has 2 aromatic rings. The molecule has 1 aliphatic rings. The van der Waals surface area contributed by atoms with E-state index < -0.39 is 5.97 Å². The van der Waals surface area contributed by atoms with E-state index in [1.807, 2.05) is 12.1 Å². The van der Waals surface area contributed by atoms with Crippen molar-refractivity contribution in [3.05, 3.63) is 57.8 Å². The van der Waals surface area contributed by atoms with Crippen LogP contribution in [-0.2, 0) is 12.8 Å². The van der Waals surface area contributed by atoms with Crippen LogP contribution in [0.5, 0.6) is 0 Å². The van der Waals surface area contributed by atoms with E-state index in [9.17, 15) is 9.90 Å². The Morgan fingerprint density at radius 1 is 1.04 bits per heavy atom. The summed E-state index contributed by atoms with van der Waals surface area (Å²) in [6, 6.07) is 14.1. The second kappa shape index (κ2) is 9.72. The molecule has 2 unspecified atom stereocenters. The number of hydrogen-bond donors (Lipinski definition) is 2. The number of alkyl halides is 1. The molecule has 0 bridgehead atoms. The van der Waals surface area contributed by atoms with E-state index in [1.54, 1.807) is 6.07 Å². The minimum absolute atomic E-state index is 0.0413. The maximum atomic E-state index is 11.0. The number of carboxylic acids is 1. The average molecular weight is 407 g/mol. The lowest BCUT2D eigenvalue weighted by atomic mass is 9.85. The molecule has 0 radical (unpaired) electrons. The first-order valence-corrected chi connectivity index (χ1v) is 11.0. The molecule has 0 amide bonds. The SMILES string of the molecule is O=C(O)c1ccc(CCC[C@H]2C(Cl)C[C@@H](O)C2CCCc2ccccc2)s1. The molecule has 1 aromatic heterocycles. The monoisotopic (exact) mass is 406 g/mol. The third-order valence-electron chi connectivity index (χ3n) is 5.65. The predicted octanol–water partition coefficient (Wildman–Crippen LogP) is 5.40. The minimum Gasteiger partial charge on any atom is -0.477 e. The van der Waals surface area contributed by atoms with Crippen LogP contribution in [0, 0.1) is 11.8 Å². The first-order valence-electron chi connectivity index (χ1n) is 9.72. The lowest BCUT2D eigenvalue weighted by molar-refractivity contribution is 0.0702. The van der Waals surface area contributed by atoms with Crippen LogP contribution >= 0.6 is 22.9 Å². The number of aliphatic hydroxyl groups excluding tert-OH is 1. The van der Waals surface area contributed by atoms with Crippen molar-refractivity contribution in [2.75, 3.05) is 0 Å². The first-order chi connectivity index (χ1) is 13.0. The molecule has 1 aliphatic carbocycles. The molecule has 5 heteroatoms. The Balaban J connectivity index is 1.48. The van der Waals surface area contributed by atoms with E-state index in [0.717, 1.165) is 43.4 Å². The highest BCUT2D eigenvalue weighted by Crippen LogP contribution is 2.41. The van der Waals surface area contributed by atoms with Crippen molar-refractivity contribution in [3.63, 3.8) is 0 Å². The van der Waals surface area contributed by atoms with Gasteiger partial charge in [0.2, 0.25) is 0 Å². The standard InChI is InChI=1S/C22H27ClO3S/c23-19-14-20(24)18(11-4-8-15-6-2-1-3-7-15)17(19)10-5-9-16-12-13-21(27-16)22(25)26/h1-3,6-7,12-13,17-20,24H,4-5,8-11,14H2,(H,25,26)/t17-,18?,19?,20-/m1/s1. The van der Waals surface area contributed by atoms with Gasteiger partial charge < -0.3 is 10.2 Å². The summed E-state index contributed by atoms with van der Waals surface area (Å²) in [6.07, 6.45) is 6.35. The summed E-state index contributed by atoms with van der Waals surface area (Å²) in [5.41, 5.74) is 1.34. The normalized spacial score (nSPS) is 25.0. The molecule has 3 rings (SSSR count). The van der Waals surface area contributed by atoms with Crippen LogP contribution in [0.1, 0.15) is 52.2 Å². The van der Waals surface area contributed by atoms with Crippen LogP contribution in [0.15, 0.2) is 42.5 Å². The van der Waals surface area contributed by atoms with Gasteiger partial charge >= 0.3 is 5.97 Å². The van der Waals surface area contributed by atoms with Gasteiger partial charge in [0.25, 0.3) is 0 Å². The van der Waals surface area contributed by atoms with Gasteiger partial charge in [-0.05, 0) is 74.5 Å². The molecule has 1 saturated carbocycles. The molecule has 146 valence electrons. The van der Waals surface area contributed by atoms with Crippen molar-refractivity contribution >= 4 is 28.9 Å². The summed E-state index contributed by atoms with van der Waals surface area (Å²) >= 11 is 7.91. The molecule has 0 saturated heterocycles. The second-order valence-electron chi connectivity index (χ2n) is 7.49. The lowest BCUT2D eigenvalue weighted by Gasteiger charge is -2.23. The molecule has 4 atom stereocenters. The van der Waals surface area contributed by atoms with Gasteiger partial charge in [-0.3, -0.25) is 0 Å². The number of aliphatic hydroxyl groups is 1. The Morgan fingerprint density at radius 2 is 1.74 bits per heavy atom. The van der Waals surface area contributed by atoms with E-state index in [0.29, 0.717) is 17.2 Å². The van der Waals surface area contributed by atoms with Crippen molar-refractivity contribution in [1.29, 1.82) is 0 Å². The molecular weight excluding hydrogens is 380 g/mol. The van der Waals surface area contributed by atoms with Crippen LogP contribution in [0.2, 0.25) is 0 Å². The number of rotatable bonds is 9. The molecule has 0 aliphatic heterocycles. The molecule has 1 heterocycles. The summed E-state index contributed by atoms with van der Waals surface area (Å²) in [4.78, 5) is 12.5. The zero-order chi connectivity index (χ0) is 19.2. The van der Waals surface area contributed by atoms with Gasteiger partial charge in [-0.15, -0.1) is 22.9 Å². The van der Waals surface area contributed by atoms with Crippen molar-refractivity contribution in [3.8, 4) is 0 Å². The molecule has 27 heavy (non-hydrogen) atoms. The molecule has 0 spiro atoms. The van der Waals surface area contributed by atoms with Crippen LogP contribution in [0.3, 0.4) is 0 Å². The Morgan fingerprint density at radius 3 is 2.44 bits per heavy atom. The minimum atomic E-state index is -0.857. The van der Waals surface area contributed by atoms with Crippen molar-refractivity contribution < 1.29 is 15.0 Å². The van der Waals surface area contributed by atoms with Crippen LogP contribution in [-0.4, -0.2) is 27.7 Å². The fourth-order valence-corrected chi connectivity index (χ4v) is 5.64. The smallest absolute Gasteiger partial charge is 0.345 e. The van der Waals surface area contributed by atoms with Gasteiger partial charge in [0.1, 0.15) is 4.88 Å². The third kappa shape index (κ3) is 5.56. The van der Waals surface area contributed by atoms with E-state index in [2.05, 4.69) is 24.3 Å². The second-order valence-corrected chi connectivity index (χ2v) is 9.22. The van der Waals surface area contributed by atoms with Crippen molar-refractivity contribution in [1.82, 2.24) is 0 Å². The van der Waals surface area contributed by atoms with Crippen LogP contribution in [0.4, 0.5) is 0 Å². The predicted molar refractivity (Wildman–Crippen MR) is 111 cm³/mol. The summed E-state index contributed by atoms with van der Waals surface area (Å²) in [7, 11) is 0. The summed E-state index contributed by atoms with van der Waals surface area (Å²) in [5.74, 6) is -0.241. The Labute approximate surface area is 170 Å². The number of carboxylic acid groups (broad SMARTS) is 1. The number of thiophene rings is 1. The van der Waals surface area contributed by atoms with Crippen molar-refractivity contribution in [2.45, 2.75) is 56.4 Å². The van der Waals surface area contributed by atoms with Crippen LogP contribution < -0.4 is 0 Å². The number of carbonyl (C=O) groups is 1. The van der Waals surface area contributed by atoms with E-state index >= 15 is 0 Å². The quantitative estimate of drug-likeness (QED) is 0.548. The molecular formula is C22H27ClO3S. The summed E-state index contributed by atoms with van der Waals surface area (Å²) in [5, 5.41) is 19.5. The third-order valence-corrected chi connectivity index (χ3v) is 7.29. The lowest BCUT2D eigenvalue weighted by Crippen LogP contribution is -2.21. The highest BCUT2D eigenvalue weighted by molar-refractivity contribution is 7.13. The van der Waals surface area contributed by atoms with E-state index in [4.69, 9.17) is 16.7 Å². The van der Waals surface area contributed by atoms with Crippen LogP contribution in [0.25, 0.3) is 0 Å². The number of benzene rings is 1. The van der Waals surface area contributed by atoms with E-state index in [1.165, 1.54) is 16.9 Å². The Hall–Kier alpha value is -1.36. The van der Waals surface area contributed by atoms with E-state index in [-0.39, 0.29) is 17.4 Å². The zero-order valence-electron chi connectivity index (χ0n) is 15.4. The Kier molecular flexibility index (Phi) is 7.33. The molecule has 1 fully saturated rings. The van der Waals surface area contributed by atoms with Gasteiger partial charge in [-0.1, -0.05) is 30.3 Å². The number of hydrogen-bond acceptors (Lipinski definition) is 3. The van der Waals surface area contributed by atoms with Gasteiger partial charge in [0, 0.05) is 10.3 Å². The van der Waals surface area contributed by atoms with Gasteiger partial charge in [-0.25, -0.2) is 4.79 Å².